The number of piperidine rings is 1. The fraction of sp³-hybridized carbons (Fsp3) is 0.517. The summed E-state index contributed by atoms with van der Waals surface area (Å²) >= 11 is 1.37. The average Bonchev–Trinajstić information content (AvgIpc) is 3.41. The summed E-state index contributed by atoms with van der Waals surface area (Å²) in [5, 5.41) is 8.84. The predicted octanol–water partition coefficient (Wildman–Crippen LogP) is 6.82. The number of rotatable bonds is 5. The van der Waals surface area contributed by atoms with E-state index in [0.717, 1.165) is 43.3 Å². The van der Waals surface area contributed by atoms with E-state index in [0.29, 0.717) is 5.91 Å². The van der Waals surface area contributed by atoms with Crippen LogP contribution in [0.4, 0.5) is 5.69 Å². The minimum absolute atomic E-state index is 0.354. The molecule has 2 aliphatic rings. The summed E-state index contributed by atoms with van der Waals surface area (Å²) in [5.41, 5.74) is 6.01. The number of aryl methyl sites for hydroxylation is 1. The zero-order valence-corrected chi connectivity index (χ0v) is 23.2. The highest BCUT2D eigenvalue weighted by Gasteiger charge is 2.17. The summed E-state index contributed by atoms with van der Waals surface area (Å²) in [7, 11) is 1.98. The first-order chi connectivity index (χ1) is 17.0. The Morgan fingerprint density at radius 3 is 2.23 bits per heavy atom. The van der Waals surface area contributed by atoms with Crippen LogP contribution >= 0.6 is 11.9 Å². The lowest BCUT2D eigenvalue weighted by Gasteiger charge is -2.26. The molecule has 1 heterocycles. The minimum atomic E-state index is 0.354. The smallest absolute Gasteiger partial charge is 0.222 e. The Hall–Kier alpha value is -2.31. The van der Waals surface area contributed by atoms with Crippen LogP contribution in [-0.4, -0.2) is 37.2 Å². The lowest BCUT2D eigenvalue weighted by atomic mass is 10.1. The second-order valence-electron chi connectivity index (χ2n) is 8.46. The first-order valence-corrected chi connectivity index (χ1v) is 13.9. The number of aldehydes is 1. The molecule has 0 unspecified atom stereocenters. The van der Waals surface area contributed by atoms with Crippen molar-refractivity contribution in [1.29, 1.82) is 0 Å². The van der Waals surface area contributed by atoms with Gasteiger partial charge in [0, 0.05) is 42.7 Å². The van der Waals surface area contributed by atoms with Gasteiger partial charge in [0.2, 0.25) is 5.91 Å². The number of hydrogen-bond donors (Lipinski definition) is 2. The summed E-state index contributed by atoms with van der Waals surface area (Å²) in [5.74, 6) is 0.354. The van der Waals surface area contributed by atoms with Gasteiger partial charge in [-0.2, -0.15) is 0 Å². The van der Waals surface area contributed by atoms with Crippen LogP contribution in [-0.2, 0) is 17.6 Å². The first-order valence-electron chi connectivity index (χ1n) is 13.0. The Balaban J connectivity index is 0.000000257. The van der Waals surface area contributed by atoms with E-state index in [-0.39, 0.29) is 0 Å². The molecule has 3 N–H and O–H groups in total. The number of hydrogen-bond acceptors (Lipinski definition) is 5. The van der Waals surface area contributed by atoms with E-state index >= 15 is 0 Å². The molecule has 0 bridgehead atoms. The van der Waals surface area contributed by atoms with Crippen LogP contribution in [0, 0.1) is 6.92 Å². The second kappa shape index (κ2) is 18.0. The number of likely N-dealkylation sites (tertiary alicyclic amines) is 1. The van der Waals surface area contributed by atoms with E-state index in [4.69, 9.17) is 5.14 Å². The van der Waals surface area contributed by atoms with E-state index in [1.807, 2.05) is 57.0 Å². The molecule has 5 nitrogen and oxygen atoms in total. The number of carbonyl (C=O) groups excluding carboxylic acids is 2. The minimum Gasteiger partial charge on any atom is -0.388 e. The molecule has 1 fully saturated rings. The average molecular weight is 500 g/mol. The molecule has 0 aromatic heterocycles. The third kappa shape index (κ3) is 10.1. The zero-order chi connectivity index (χ0) is 26.1. The fourth-order valence-corrected chi connectivity index (χ4v) is 4.77. The summed E-state index contributed by atoms with van der Waals surface area (Å²) < 4.78 is 0. The SMILES string of the molecule is CC.CCCC(=O)N1CCCCC1.CNc1ccc(SN)c2c1CCC2.Cc1ccccc1C=O. The van der Waals surface area contributed by atoms with Gasteiger partial charge in [0.05, 0.1) is 0 Å². The van der Waals surface area contributed by atoms with Gasteiger partial charge >= 0.3 is 0 Å². The van der Waals surface area contributed by atoms with Gasteiger partial charge in [-0.05, 0) is 92.6 Å². The van der Waals surface area contributed by atoms with Crippen LogP contribution in [0.5, 0.6) is 0 Å². The first kappa shape index (κ1) is 30.7. The Morgan fingerprint density at radius 2 is 1.69 bits per heavy atom. The molecule has 0 spiro atoms. The van der Waals surface area contributed by atoms with Crippen LogP contribution in [0.2, 0.25) is 0 Å². The number of nitrogens with one attached hydrogen (secondary N) is 1. The Labute approximate surface area is 217 Å². The maximum absolute atomic E-state index is 11.3. The van der Waals surface area contributed by atoms with Gasteiger partial charge in [-0.3, -0.25) is 14.7 Å². The third-order valence-electron chi connectivity index (χ3n) is 6.13. The maximum atomic E-state index is 11.3. The molecule has 0 atom stereocenters. The molecule has 35 heavy (non-hydrogen) atoms. The third-order valence-corrected chi connectivity index (χ3v) is 6.76. The van der Waals surface area contributed by atoms with Gasteiger partial charge in [-0.1, -0.05) is 45.0 Å². The zero-order valence-electron chi connectivity index (χ0n) is 22.4. The Kier molecular flexibility index (Phi) is 15.8. The van der Waals surface area contributed by atoms with Gasteiger partial charge in [-0.25, -0.2) is 0 Å². The topological polar surface area (TPSA) is 75.4 Å². The lowest BCUT2D eigenvalue weighted by Crippen LogP contribution is -2.35. The van der Waals surface area contributed by atoms with Crippen molar-refractivity contribution in [3.05, 3.63) is 58.7 Å². The van der Waals surface area contributed by atoms with E-state index < -0.39 is 0 Å². The van der Waals surface area contributed by atoms with E-state index in [2.05, 4.69) is 24.4 Å². The number of benzene rings is 2. The number of carbonyl (C=O) groups is 2. The lowest BCUT2D eigenvalue weighted by molar-refractivity contribution is -0.132. The van der Waals surface area contributed by atoms with Gasteiger partial charge in [0.1, 0.15) is 6.29 Å². The molecule has 2 aromatic rings. The van der Waals surface area contributed by atoms with Crippen molar-refractivity contribution in [2.24, 2.45) is 5.14 Å². The molecule has 6 heteroatoms. The largest absolute Gasteiger partial charge is 0.388 e. The van der Waals surface area contributed by atoms with E-state index in [9.17, 15) is 9.59 Å². The standard InChI is InChI=1S/C10H14N2S.C9H17NO.C8H8O.C2H6/c1-12-9-5-6-10(13-11)8-4-2-3-7(8)9;1-2-6-9(11)10-7-4-3-5-8-10;1-7-4-2-3-5-8(7)6-9;1-2/h5-6,12H,2-4,11H2,1H3;2-8H2,1H3;2-6H,1H3;1-2H3. The van der Waals surface area contributed by atoms with Crippen LogP contribution < -0.4 is 10.5 Å². The van der Waals surface area contributed by atoms with Gasteiger partial charge in [0.25, 0.3) is 0 Å². The molecule has 1 aliphatic heterocycles. The molecule has 1 saturated heterocycles. The van der Waals surface area contributed by atoms with Gasteiger partial charge in [0.15, 0.2) is 0 Å². The number of nitrogens with zero attached hydrogens (tertiary/aromatic N) is 1. The van der Waals surface area contributed by atoms with Crippen molar-refractivity contribution in [1.82, 2.24) is 4.90 Å². The van der Waals surface area contributed by atoms with Crippen molar-refractivity contribution in [3.63, 3.8) is 0 Å². The number of anilines is 1. The predicted molar refractivity (Wildman–Crippen MR) is 151 cm³/mol. The monoisotopic (exact) mass is 499 g/mol. The highest BCUT2D eigenvalue weighted by molar-refractivity contribution is 7.97. The highest BCUT2D eigenvalue weighted by Crippen LogP contribution is 2.34. The van der Waals surface area contributed by atoms with Gasteiger partial charge < -0.3 is 10.2 Å². The molecule has 1 amide bonds. The Bertz CT molecular complexity index is 864. The number of fused-ring (bicyclic) bond motifs is 1. The molecule has 4 rings (SSSR count). The number of nitrogens with two attached hydrogens (primary N) is 1. The van der Waals surface area contributed by atoms with Crippen molar-refractivity contribution in [3.8, 4) is 0 Å². The summed E-state index contributed by atoms with van der Waals surface area (Å²) in [4.78, 5) is 24.8. The molecule has 0 radical (unpaired) electrons. The van der Waals surface area contributed by atoms with Crippen molar-refractivity contribution in [2.45, 2.75) is 84.0 Å². The maximum Gasteiger partial charge on any atom is 0.222 e. The molecule has 0 saturated carbocycles. The van der Waals surface area contributed by atoms with E-state index in [1.54, 1.807) is 0 Å². The molecular formula is C29H45N3O2S. The van der Waals surface area contributed by atoms with Crippen molar-refractivity contribution >= 4 is 29.8 Å². The summed E-state index contributed by atoms with van der Waals surface area (Å²) in [6.07, 6.45) is 9.94. The van der Waals surface area contributed by atoms with E-state index in [1.165, 1.54) is 72.2 Å². The number of amides is 1. The van der Waals surface area contributed by atoms with Gasteiger partial charge in [-0.15, -0.1) is 0 Å². The van der Waals surface area contributed by atoms with Crippen LogP contribution in [0.25, 0.3) is 0 Å². The summed E-state index contributed by atoms with van der Waals surface area (Å²) in [6, 6.07) is 11.7. The van der Waals surface area contributed by atoms with Crippen LogP contribution in [0.15, 0.2) is 41.3 Å². The molecule has 194 valence electrons. The molecule has 1 aliphatic carbocycles. The van der Waals surface area contributed by atoms with Crippen molar-refractivity contribution < 1.29 is 9.59 Å². The normalized spacial score (nSPS) is 13.6. The molecular weight excluding hydrogens is 454 g/mol. The Morgan fingerprint density at radius 1 is 1.03 bits per heavy atom. The fourth-order valence-electron chi connectivity index (χ4n) is 4.25. The summed E-state index contributed by atoms with van der Waals surface area (Å²) in [6.45, 7) is 9.98. The van der Waals surface area contributed by atoms with Crippen LogP contribution in [0.1, 0.15) is 86.3 Å². The highest BCUT2D eigenvalue weighted by atomic mass is 32.2. The molecule has 2 aromatic carbocycles. The van der Waals surface area contributed by atoms with Crippen LogP contribution in [0.3, 0.4) is 0 Å². The second-order valence-corrected chi connectivity index (χ2v) is 9.13. The quantitative estimate of drug-likeness (QED) is 0.349. The van der Waals surface area contributed by atoms with Crippen molar-refractivity contribution in [2.75, 3.05) is 25.5 Å².